The van der Waals surface area contributed by atoms with Gasteiger partial charge in [0.05, 0.1) is 13.7 Å². The quantitative estimate of drug-likeness (QED) is 0.571. The molecule has 2 aliphatic rings. The molecular weight excluding hydrogens is 402 g/mol. The summed E-state index contributed by atoms with van der Waals surface area (Å²) in [6.45, 7) is 7.73. The molecule has 0 amide bonds. The largest absolute Gasteiger partial charge is 0.496 e. The fourth-order valence-corrected chi connectivity index (χ4v) is 5.61. The molecule has 1 aromatic carbocycles. The molecule has 1 aromatic heterocycles. The second-order valence-corrected chi connectivity index (χ2v) is 9.62. The van der Waals surface area contributed by atoms with Gasteiger partial charge in [0.2, 0.25) is 0 Å². The van der Waals surface area contributed by atoms with Crippen molar-refractivity contribution in [2.45, 2.75) is 46.1 Å². The van der Waals surface area contributed by atoms with E-state index in [2.05, 4.69) is 20.8 Å². The standard InChI is InChI=1S/C12H14O2S.C11H17NO3/c1-5-8-6(10(15-5)11(13)14)4-7-9(8)12(7,2)3;1-14-11-7-10(15-6-2-5-13)4-3-9(11)8-12/h7,9H,4H2,1-3H3,(H,13,14);3-4,7,13H,2,5-6,8,12H2,1H3/t7-,9-;/m1./s1. The summed E-state index contributed by atoms with van der Waals surface area (Å²) >= 11 is 1.46. The summed E-state index contributed by atoms with van der Waals surface area (Å²) in [5, 5.41) is 17.7. The molecular formula is C23H31NO5S. The minimum atomic E-state index is -0.747. The van der Waals surface area contributed by atoms with E-state index in [1.54, 1.807) is 13.2 Å². The molecule has 4 rings (SSSR count). The van der Waals surface area contributed by atoms with Gasteiger partial charge >= 0.3 is 5.97 Å². The van der Waals surface area contributed by atoms with Gasteiger partial charge in [0.1, 0.15) is 16.4 Å². The molecule has 0 unspecified atom stereocenters. The molecule has 2 atom stereocenters. The maximum absolute atomic E-state index is 11.1. The second-order valence-electron chi connectivity index (χ2n) is 8.40. The minimum absolute atomic E-state index is 0.137. The van der Waals surface area contributed by atoms with E-state index in [1.165, 1.54) is 21.8 Å². The van der Waals surface area contributed by atoms with Crippen molar-refractivity contribution >= 4 is 17.3 Å². The highest BCUT2D eigenvalue weighted by atomic mass is 32.1. The lowest BCUT2D eigenvalue weighted by atomic mass is 9.95. The van der Waals surface area contributed by atoms with Crippen molar-refractivity contribution in [2.75, 3.05) is 20.3 Å². The topological polar surface area (TPSA) is 102 Å². The predicted molar refractivity (Wildman–Crippen MR) is 118 cm³/mol. The average Bonchev–Trinajstić information content (AvgIpc) is 3.05. The maximum atomic E-state index is 11.1. The number of nitrogens with two attached hydrogens (primary N) is 1. The summed E-state index contributed by atoms with van der Waals surface area (Å²) in [6, 6.07) is 5.54. The van der Waals surface area contributed by atoms with E-state index in [9.17, 15) is 4.79 Å². The number of hydrogen-bond acceptors (Lipinski definition) is 6. The van der Waals surface area contributed by atoms with Crippen LogP contribution in [0, 0.1) is 18.3 Å². The Labute approximate surface area is 181 Å². The van der Waals surface area contributed by atoms with Crippen LogP contribution in [0.2, 0.25) is 0 Å². The number of benzene rings is 1. The first-order chi connectivity index (χ1) is 14.3. The van der Waals surface area contributed by atoms with E-state index in [4.69, 9.17) is 25.4 Å². The highest BCUT2D eigenvalue weighted by molar-refractivity contribution is 7.14. The third-order valence-electron chi connectivity index (χ3n) is 6.26. The van der Waals surface area contributed by atoms with Crippen molar-refractivity contribution < 1.29 is 24.5 Å². The molecule has 0 spiro atoms. The zero-order valence-electron chi connectivity index (χ0n) is 18.0. The minimum Gasteiger partial charge on any atom is -0.496 e. The normalized spacial score (nSPS) is 19.9. The molecule has 4 N–H and O–H groups in total. The Balaban J connectivity index is 0.000000171. The molecule has 1 saturated carbocycles. The molecule has 0 radical (unpaired) electrons. The number of aliphatic hydroxyl groups is 1. The van der Waals surface area contributed by atoms with Gasteiger partial charge in [-0.15, -0.1) is 11.3 Å². The molecule has 7 heteroatoms. The lowest BCUT2D eigenvalue weighted by Gasteiger charge is -2.10. The Hall–Kier alpha value is -2.09. The van der Waals surface area contributed by atoms with Gasteiger partial charge < -0.3 is 25.4 Å². The fourth-order valence-electron chi connectivity index (χ4n) is 4.54. The Bertz CT molecular complexity index is 921. The maximum Gasteiger partial charge on any atom is 0.346 e. The third-order valence-corrected chi connectivity index (χ3v) is 7.41. The lowest BCUT2D eigenvalue weighted by Crippen LogP contribution is -2.03. The number of thiophene rings is 1. The highest BCUT2D eigenvalue weighted by Crippen LogP contribution is 2.71. The van der Waals surface area contributed by atoms with Gasteiger partial charge in [0.15, 0.2) is 0 Å². The number of hydrogen-bond donors (Lipinski definition) is 3. The number of aryl methyl sites for hydroxylation is 1. The first-order valence-electron chi connectivity index (χ1n) is 10.2. The van der Waals surface area contributed by atoms with Gasteiger partial charge in [-0.1, -0.05) is 19.9 Å². The van der Waals surface area contributed by atoms with Crippen LogP contribution in [0.15, 0.2) is 18.2 Å². The molecule has 1 heterocycles. The van der Waals surface area contributed by atoms with Crippen molar-refractivity contribution in [1.29, 1.82) is 0 Å². The van der Waals surface area contributed by atoms with Crippen LogP contribution in [0.3, 0.4) is 0 Å². The van der Waals surface area contributed by atoms with Crippen molar-refractivity contribution in [1.82, 2.24) is 0 Å². The molecule has 30 heavy (non-hydrogen) atoms. The summed E-state index contributed by atoms with van der Waals surface area (Å²) in [6.07, 6.45) is 1.61. The van der Waals surface area contributed by atoms with Crippen LogP contribution in [0.1, 0.15) is 57.4 Å². The number of ether oxygens (including phenoxy) is 2. The van der Waals surface area contributed by atoms with E-state index >= 15 is 0 Å². The van der Waals surface area contributed by atoms with Gasteiger partial charge in [-0.2, -0.15) is 0 Å². The number of carboxylic acid groups (broad SMARTS) is 1. The van der Waals surface area contributed by atoms with Crippen LogP contribution in [0.25, 0.3) is 0 Å². The number of methoxy groups -OCH3 is 1. The van der Waals surface area contributed by atoms with Crippen LogP contribution in [-0.4, -0.2) is 36.5 Å². The molecule has 1 fully saturated rings. The Morgan fingerprint density at radius 3 is 2.70 bits per heavy atom. The van der Waals surface area contributed by atoms with E-state index < -0.39 is 5.97 Å². The van der Waals surface area contributed by atoms with Crippen molar-refractivity contribution in [2.24, 2.45) is 17.1 Å². The zero-order chi connectivity index (χ0) is 22.1. The first-order valence-corrected chi connectivity index (χ1v) is 11.0. The molecule has 2 aromatic rings. The summed E-state index contributed by atoms with van der Waals surface area (Å²) in [7, 11) is 1.60. The van der Waals surface area contributed by atoms with E-state index in [-0.39, 0.29) is 6.61 Å². The van der Waals surface area contributed by atoms with Gasteiger partial charge in [0.25, 0.3) is 0 Å². The summed E-state index contributed by atoms with van der Waals surface area (Å²) < 4.78 is 10.6. The van der Waals surface area contributed by atoms with E-state index in [0.717, 1.165) is 29.0 Å². The Morgan fingerprint density at radius 1 is 1.37 bits per heavy atom. The molecule has 164 valence electrons. The third kappa shape index (κ3) is 4.19. The van der Waals surface area contributed by atoms with Gasteiger partial charge in [-0.3, -0.25) is 0 Å². The van der Waals surface area contributed by atoms with Crippen LogP contribution in [-0.2, 0) is 13.0 Å². The lowest BCUT2D eigenvalue weighted by molar-refractivity contribution is 0.0701. The number of carboxylic acids is 1. The summed E-state index contributed by atoms with van der Waals surface area (Å²) in [4.78, 5) is 12.9. The number of fused-ring (bicyclic) bond motifs is 3. The fraction of sp³-hybridized carbons (Fsp3) is 0.522. The summed E-state index contributed by atoms with van der Waals surface area (Å²) in [5.74, 6) is 2.06. The Kier molecular flexibility index (Phi) is 6.75. The van der Waals surface area contributed by atoms with E-state index in [1.807, 2.05) is 12.1 Å². The van der Waals surface area contributed by atoms with Crippen LogP contribution in [0.5, 0.6) is 11.5 Å². The average molecular weight is 434 g/mol. The van der Waals surface area contributed by atoms with E-state index in [0.29, 0.717) is 41.7 Å². The predicted octanol–water partition coefficient (Wildman–Crippen LogP) is 3.97. The zero-order valence-corrected chi connectivity index (χ0v) is 18.8. The van der Waals surface area contributed by atoms with Crippen LogP contribution < -0.4 is 15.2 Å². The number of carbonyl (C=O) groups is 1. The monoisotopic (exact) mass is 433 g/mol. The number of aromatic carboxylic acids is 1. The smallest absolute Gasteiger partial charge is 0.346 e. The highest BCUT2D eigenvalue weighted by Gasteiger charge is 2.63. The van der Waals surface area contributed by atoms with Crippen molar-refractivity contribution in [3.8, 4) is 11.5 Å². The second kappa shape index (κ2) is 8.96. The first kappa shape index (κ1) is 22.6. The SMILES string of the molecule is COc1cc(OCCCO)ccc1CN.Cc1sc(C(=O)O)c2c1[C@H]1[C@@H](C2)C1(C)C. The van der Waals surface area contributed by atoms with Gasteiger partial charge in [-0.25, -0.2) is 4.79 Å². The summed E-state index contributed by atoms with van der Waals surface area (Å²) in [5.41, 5.74) is 9.41. The van der Waals surface area contributed by atoms with Gasteiger partial charge in [0, 0.05) is 36.1 Å². The van der Waals surface area contributed by atoms with Crippen LogP contribution >= 0.6 is 11.3 Å². The molecule has 0 aliphatic heterocycles. The number of rotatable bonds is 7. The molecule has 0 bridgehead atoms. The van der Waals surface area contributed by atoms with Gasteiger partial charge in [-0.05, 0) is 47.8 Å². The van der Waals surface area contributed by atoms with Crippen molar-refractivity contribution in [3.05, 3.63) is 44.6 Å². The van der Waals surface area contributed by atoms with Crippen molar-refractivity contribution in [3.63, 3.8) is 0 Å². The Morgan fingerprint density at radius 2 is 2.10 bits per heavy atom. The molecule has 0 saturated heterocycles. The molecule has 6 nitrogen and oxygen atoms in total. The molecule has 2 aliphatic carbocycles. The number of aliphatic hydroxyl groups excluding tert-OH is 1. The van der Waals surface area contributed by atoms with Crippen LogP contribution in [0.4, 0.5) is 0 Å².